The summed E-state index contributed by atoms with van der Waals surface area (Å²) in [6, 6.07) is 21.9. The van der Waals surface area contributed by atoms with Crippen LogP contribution in [-0.4, -0.2) is 57.8 Å². The molecule has 2 heterocycles. The van der Waals surface area contributed by atoms with Gasteiger partial charge in [-0.1, -0.05) is 102 Å². The number of hydrogen-bond acceptors (Lipinski definition) is 8. The maximum Gasteiger partial charge on any atom is 0.356 e. The normalized spacial score (nSPS) is 18.3. The molecule has 0 spiro atoms. The van der Waals surface area contributed by atoms with Gasteiger partial charge in [0.2, 0.25) is 0 Å². The number of carbonyl (C=O) groups is 3. The number of benzene rings is 3. The molecule has 1 saturated heterocycles. The highest BCUT2D eigenvalue weighted by Crippen LogP contribution is 2.44. The Kier molecular flexibility index (Phi) is 9.68. The van der Waals surface area contributed by atoms with Gasteiger partial charge < -0.3 is 14.6 Å². The Morgan fingerprint density at radius 3 is 1.98 bits per heavy atom. The average molecular weight is 655 g/mol. The highest BCUT2D eigenvalue weighted by Gasteiger charge is 2.54. The first kappa shape index (κ1) is 34.0. The number of thioether (sulfide) groups is 1. The third-order valence-electron chi connectivity index (χ3n) is 8.22. The summed E-state index contributed by atoms with van der Waals surface area (Å²) in [7, 11) is 0. The van der Waals surface area contributed by atoms with E-state index in [1.165, 1.54) is 23.6 Å². The predicted octanol–water partition coefficient (Wildman–Crippen LogP) is 6.84. The molecule has 0 aliphatic carbocycles. The van der Waals surface area contributed by atoms with Gasteiger partial charge in [-0.05, 0) is 39.7 Å². The van der Waals surface area contributed by atoms with Gasteiger partial charge >= 0.3 is 11.9 Å². The summed E-state index contributed by atoms with van der Waals surface area (Å²) in [6.07, 6.45) is 0.968. The molecular weight excluding hydrogens is 612 g/mol. The Labute approximate surface area is 280 Å². The minimum Gasteiger partial charge on any atom is -0.507 e. The molecule has 2 aliphatic heterocycles. The van der Waals surface area contributed by atoms with E-state index in [4.69, 9.17) is 14.5 Å². The number of ether oxygens (including phenoxy) is 2. The first-order chi connectivity index (χ1) is 22.2. The first-order valence-electron chi connectivity index (χ1n) is 15.7. The van der Waals surface area contributed by atoms with Crippen LogP contribution in [-0.2, 0) is 34.7 Å². The molecule has 0 aromatic heterocycles. The molecule has 47 heavy (non-hydrogen) atoms. The van der Waals surface area contributed by atoms with E-state index in [0.717, 1.165) is 27.8 Å². The number of fused-ring (bicyclic) bond motifs is 1. The van der Waals surface area contributed by atoms with Crippen molar-refractivity contribution in [2.75, 3.05) is 12.4 Å². The van der Waals surface area contributed by atoms with E-state index >= 15 is 0 Å². The van der Waals surface area contributed by atoms with E-state index in [1.807, 2.05) is 114 Å². The SMILES string of the molecule is CC(=O)OCC1=C(C(=O)OC(c2ccccc2)c2ccccc2)N2C(=O)C(/N=C/c3cc(C(C)(C)C)c(O)c(C(C)(C)C)c3)[C@H]2SC1. The fourth-order valence-electron chi connectivity index (χ4n) is 5.74. The molecule has 5 rings (SSSR count). The largest absolute Gasteiger partial charge is 0.507 e. The van der Waals surface area contributed by atoms with E-state index in [0.29, 0.717) is 11.3 Å². The number of phenolic OH excluding ortho intramolecular Hbond substituents is 1. The molecule has 9 heteroatoms. The quantitative estimate of drug-likeness (QED) is 0.161. The Morgan fingerprint density at radius 2 is 1.49 bits per heavy atom. The zero-order valence-corrected chi connectivity index (χ0v) is 28.8. The molecule has 246 valence electrons. The third kappa shape index (κ3) is 7.30. The molecule has 1 N–H and O–H groups in total. The van der Waals surface area contributed by atoms with Crippen LogP contribution < -0.4 is 0 Å². The van der Waals surface area contributed by atoms with Crippen LogP contribution >= 0.6 is 11.8 Å². The molecule has 3 aromatic carbocycles. The number of amides is 1. The molecule has 3 aromatic rings. The van der Waals surface area contributed by atoms with Crippen molar-refractivity contribution in [2.24, 2.45) is 4.99 Å². The second-order valence-corrected chi connectivity index (χ2v) is 15.0. The minimum atomic E-state index is -0.720. The van der Waals surface area contributed by atoms with Gasteiger partial charge in [0.25, 0.3) is 5.91 Å². The Balaban J connectivity index is 1.46. The molecule has 0 radical (unpaired) electrons. The first-order valence-corrected chi connectivity index (χ1v) is 16.7. The van der Waals surface area contributed by atoms with Crippen molar-refractivity contribution >= 4 is 35.8 Å². The number of rotatable bonds is 8. The smallest absolute Gasteiger partial charge is 0.356 e. The maximum atomic E-state index is 14.0. The molecule has 1 fully saturated rings. The second-order valence-electron chi connectivity index (χ2n) is 13.9. The second kappa shape index (κ2) is 13.4. The maximum absolute atomic E-state index is 14.0. The lowest BCUT2D eigenvalue weighted by Gasteiger charge is -2.48. The third-order valence-corrected chi connectivity index (χ3v) is 9.55. The van der Waals surface area contributed by atoms with Crippen LogP contribution in [0.3, 0.4) is 0 Å². The van der Waals surface area contributed by atoms with Gasteiger partial charge in [0.05, 0.1) is 0 Å². The lowest BCUT2D eigenvalue weighted by Crippen LogP contribution is -2.64. The number of carbonyl (C=O) groups excluding carboxylic acids is 3. The fourth-order valence-corrected chi connectivity index (χ4v) is 7.06. The lowest BCUT2D eigenvalue weighted by atomic mass is 9.78. The van der Waals surface area contributed by atoms with Gasteiger partial charge in [0.15, 0.2) is 12.1 Å². The molecule has 2 atom stereocenters. The molecular formula is C38H42N2O6S. The summed E-state index contributed by atoms with van der Waals surface area (Å²) < 4.78 is 11.5. The summed E-state index contributed by atoms with van der Waals surface area (Å²) in [5.41, 5.74) is 3.92. The molecule has 0 saturated carbocycles. The van der Waals surface area contributed by atoms with Crippen molar-refractivity contribution < 1.29 is 29.0 Å². The number of nitrogens with zero attached hydrogens (tertiary/aromatic N) is 2. The van der Waals surface area contributed by atoms with E-state index < -0.39 is 29.5 Å². The topological polar surface area (TPSA) is 106 Å². The molecule has 1 amide bonds. The summed E-state index contributed by atoms with van der Waals surface area (Å²) in [4.78, 5) is 45.7. The Bertz CT molecular complexity index is 1650. The monoisotopic (exact) mass is 654 g/mol. The summed E-state index contributed by atoms with van der Waals surface area (Å²) >= 11 is 1.46. The van der Waals surface area contributed by atoms with E-state index in [1.54, 1.807) is 6.21 Å². The van der Waals surface area contributed by atoms with E-state index in [-0.39, 0.29) is 34.8 Å². The van der Waals surface area contributed by atoms with E-state index in [2.05, 4.69) is 0 Å². The van der Waals surface area contributed by atoms with Crippen molar-refractivity contribution in [3.8, 4) is 5.75 Å². The van der Waals surface area contributed by atoms with Crippen LogP contribution in [0.25, 0.3) is 0 Å². The summed E-state index contributed by atoms with van der Waals surface area (Å²) in [5.74, 6) is -0.865. The number of aliphatic imine (C=N–C) groups is 1. The van der Waals surface area contributed by atoms with Crippen molar-refractivity contribution in [3.05, 3.63) is 112 Å². The molecule has 8 nitrogen and oxygen atoms in total. The molecule has 2 aliphatic rings. The van der Waals surface area contributed by atoms with Gasteiger partial charge in [-0.25, -0.2) is 4.79 Å². The minimum absolute atomic E-state index is 0.0954. The number of esters is 2. The van der Waals surface area contributed by atoms with Crippen LogP contribution in [0.5, 0.6) is 5.75 Å². The van der Waals surface area contributed by atoms with Crippen LogP contribution in [0.2, 0.25) is 0 Å². The van der Waals surface area contributed by atoms with Gasteiger partial charge in [-0.15, -0.1) is 11.8 Å². The lowest BCUT2D eigenvalue weighted by molar-refractivity contribution is -0.153. The van der Waals surface area contributed by atoms with Crippen LogP contribution in [0.1, 0.15) is 82.4 Å². The van der Waals surface area contributed by atoms with Crippen molar-refractivity contribution in [1.82, 2.24) is 4.90 Å². The van der Waals surface area contributed by atoms with Crippen molar-refractivity contribution in [1.29, 1.82) is 0 Å². The number of phenols is 1. The van der Waals surface area contributed by atoms with Gasteiger partial charge in [0, 0.05) is 35.6 Å². The zero-order chi connectivity index (χ0) is 34.1. The Hall–Kier alpha value is -4.37. The molecule has 1 unspecified atom stereocenters. The standard InChI is InChI=1S/C38H42N2O6S/c1-23(41)45-21-27-22-47-35-30(39-20-24-18-28(37(2,3)4)32(42)29(19-24)38(5,6)7)34(43)40(35)31(27)36(44)46-33(25-14-10-8-11-15-25)26-16-12-9-13-17-26/h8-20,30,33,35,42H,21-22H2,1-7H3/b39-20+/t30?,35-/m1/s1. The van der Waals surface area contributed by atoms with E-state index in [9.17, 15) is 19.5 Å². The fraction of sp³-hybridized carbons (Fsp3) is 0.368. The summed E-state index contributed by atoms with van der Waals surface area (Å²) in [5, 5.41) is 10.7. The van der Waals surface area contributed by atoms with Gasteiger partial charge in [-0.2, -0.15) is 0 Å². The number of hydrogen-bond donors (Lipinski definition) is 1. The average Bonchev–Trinajstić information content (AvgIpc) is 3.02. The Morgan fingerprint density at radius 1 is 0.957 bits per heavy atom. The van der Waals surface area contributed by atoms with Crippen LogP contribution in [0.4, 0.5) is 0 Å². The van der Waals surface area contributed by atoms with Crippen molar-refractivity contribution in [2.45, 2.75) is 76.8 Å². The highest BCUT2D eigenvalue weighted by atomic mass is 32.2. The van der Waals surface area contributed by atoms with Gasteiger partial charge in [-0.3, -0.25) is 19.5 Å². The summed E-state index contributed by atoms with van der Waals surface area (Å²) in [6.45, 7) is 13.4. The molecule has 0 bridgehead atoms. The number of β-lactam (4-membered cyclic amide) rings is 1. The van der Waals surface area contributed by atoms with Crippen LogP contribution in [0.15, 0.2) is 89.1 Å². The number of aromatic hydroxyl groups is 1. The van der Waals surface area contributed by atoms with Crippen LogP contribution in [0, 0.1) is 0 Å². The highest BCUT2D eigenvalue weighted by molar-refractivity contribution is 8.00. The predicted molar refractivity (Wildman–Crippen MR) is 184 cm³/mol. The zero-order valence-electron chi connectivity index (χ0n) is 27.9. The van der Waals surface area contributed by atoms with Crippen molar-refractivity contribution in [3.63, 3.8) is 0 Å². The van der Waals surface area contributed by atoms with Gasteiger partial charge in [0.1, 0.15) is 23.4 Å².